The molecule has 0 aliphatic carbocycles. The summed E-state index contributed by atoms with van der Waals surface area (Å²) < 4.78 is 22.0. The van der Waals surface area contributed by atoms with Crippen molar-refractivity contribution >= 4 is 13.7 Å². The van der Waals surface area contributed by atoms with Gasteiger partial charge in [0, 0.05) is 13.0 Å². The molecule has 1 amide bonds. The number of unbranched alkanes of at least 4 members (excludes halogenated alkanes) is 17. The summed E-state index contributed by atoms with van der Waals surface area (Å²) in [4.78, 5) is 22.6. The number of rotatable bonds is 37. The summed E-state index contributed by atoms with van der Waals surface area (Å²) in [7, 11) is -4.35. The van der Waals surface area contributed by atoms with Gasteiger partial charge in [0.1, 0.15) is 0 Å². The molecule has 0 saturated carbocycles. The van der Waals surface area contributed by atoms with Crippen LogP contribution in [0.1, 0.15) is 168 Å². The minimum atomic E-state index is -4.35. The Balaban J connectivity index is 4.34. The molecule has 0 saturated heterocycles. The molecule has 0 bridgehead atoms. The van der Waals surface area contributed by atoms with Crippen molar-refractivity contribution in [3.05, 3.63) is 60.8 Å². The van der Waals surface area contributed by atoms with E-state index in [1.54, 1.807) is 6.08 Å². The maximum absolute atomic E-state index is 12.7. The van der Waals surface area contributed by atoms with Crippen LogP contribution >= 0.6 is 7.82 Å². The first kappa shape index (κ1) is 49.2. The van der Waals surface area contributed by atoms with Gasteiger partial charge >= 0.3 is 7.82 Å². The van der Waals surface area contributed by atoms with Crippen molar-refractivity contribution in [2.24, 2.45) is 5.73 Å². The van der Waals surface area contributed by atoms with Crippen molar-refractivity contribution in [2.45, 2.75) is 180 Å². The molecular formula is C42H77N2O6P. The number of nitrogens with one attached hydrogen (secondary N) is 1. The van der Waals surface area contributed by atoms with Crippen LogP contribution in [0.5, 0.6) is 0 Å². The van der Waals surface area contributed by atoms with Gasteiger partial charge in [0.05, 0.1) is 25.4 Å². The maximum atomic E-state index is 12.7. The Hall–Kier alpha value is -1.80. The predicted octanol–water partition coefficient (Wildman–Crippen LogP) is 11.1. The topological polar surface area (TPSA) is 131 Å². The summed E-state index contributed by atoms with van der Waals surface area (Å²) in [5, 5.41) is 13.6. The van der Waals surface area contributed by atoms with E-state index in [4.69, 9.17) is 14.8 Å². The van der Waals surface area contributed by atoms with Crippen molar-refractivity contribution < 1.29 is 28.4 Å². The fourth-order valence-corrected chi connectivity index (χ4v) is 6.19. The molecule has 0 aromatic rings. The summed E-state index contributed by atoms with van der Waals surface area (Å²) >= 11 is 0. The quantitative estimate of drug-likeness (QED) is 0.0284. The van der Waals surface area contributed by atoms with E-state index in [-0.39, 0.29) is 25.7 Å². The highest BCUT2D eigenvalue weighted by Crippen LogP contribution is 2.43. The maximum Gasteiger partial charge on any atom is 0.472 e. The zero-order valence-corrected chi connectivity index (χ0v) is 33.5. The third kappa shape index (κ3) is 36.4. The first-order valence-corrected chi connectivity index (χ1v) is 21.9. The third-order valence-corrected chi connectivity index (χ3v) is 9.53. The standard InChI is InChI=1S/C42H77N2O6P/c1-3-5-7-9-11-13-15-17-19-20-21-22-24-26-28-30-32-34-36-42(46)44-40(39-50-51(47,48)49-38-37-43)41(45)35-33-31-29-27-25-23-18-16-14-12-10-8-6-4-2/h13-16,19-20,25,27,33,35,40-41,45H,3-12,17-18,21-24,26,28-32,34,36-39,43H2,1-2H3,(H,44,46)(H,47,48)/b15-13-,16-14+,20-19-,27-25+,35-33+. The fraction of sp³-hybridized carbons (Fsp3) is 0.738. The molecule has 0 rings (SSSR count). The van der Waals surface area contributed by atoms with Crippen LogP contribution in [0.4, 0.5) is 0 Å². The van der Waals surface area contributed by atoms with Gasteiger partial charge in [-0.2, -0.15) is 0 Å². The Morgan fingerprint density at radius 3 is 1.63 bits per heavy atom. The van der Waals surface area contributed by atoms with Gasteiger partial charge in [-0.15, -0.1) is 0 Å². The number of carbonyl (C=O) groups is 1. The van der Waals surface area contributed by atoms with Gasteiger partial charge in [-0.1, -0.05) is 145 Å². The SMILES string of the molecule is CCCCCC/C=C\C/C=C\CCCCCCCCCC(=O)NC(COP(=O)(O)OCCN)C(O)/C=C/CC/C=C/CC/C=C/CCCCCC. The number of carbonyl (C=O) groups excluding carboxylic acids is 1. The average Bonchev–Trinajstić information content (AvgIpc) is 3.12. The van der Waals surface area contributed by atoms with E-state index in [1.807, 2.05) is 6.08 Å². The molecule has 0 aromatic heterocycles. The minimum absolute atomic E-state index is 0.0679. The second-order valence-electron chi connectivity index (χ2n) is 13.5. The van der Waals surface area contributed by atoms with E-state index in [0.717, 1.165) is 70.6 Å². The Morgan fingerprint density at radius 1 is 0.647 bits per heavy atom. The molecule has 0 fully saturated rings. The Morgan fingerprint density at radius 2 is 1.10 bits per heavy atom. The number of hydrogen-bond donors (Lipinski definition) is 4. The lowest BCUT2D eigenvalue weighted by molar-refractivity contribution is -0.123. The van der Waals surface area contributed by atoms with Crippen LogP contribution in [0, 0.1) is 0 Å². The van der Waals surface area contributed by atoms with Crippen molar-refractivity contribution in [2.75, 3.05) is 19.8 Å². The number of phosphoric acid groups is 1. The third-order valence-electron chi connectivity index (χ3n) is 8.54. The predicted molar refractivity (Wildman–Crippen MR) is 217 cm³/mol. The molecule has 9 heteroatoms. The zero-order chi connectivity index (χ0) is 37.5. The van der Waals surface area contributed by atoms with E-state index in [0.29, 0.717) is 6.42 Å². The lowest BCUT2D eigenvalue weighted by Gasteiger charge is -2.23. The van der Waals surface area contributed by atoms with Crippen LogP contribution in [-0.4, -0.2) is 47.8 Å². The van der Waals surface area contributed by atoms with Gasteiger partial charge in [-0.3, -0.25) is 13.8 Å². The van der Waals surface area contributed by atoms with E-state index in [1.165, 1.54) is 77.0 Å². The largest absolute Gasteiger partial charge is 0.472 e. The number of hydrogen-bond acceptors (Lipinski definition) is 6. The highest BCUT2D eigenvalue weighted by Gasteiger charge is 2.26. The van der Waals surface area contributed by atoms with Crippen molar-refractivity contribution in [1.29, 1.82) is 0 Å². The average molecular weight is 737 g/mol. The van der Waals surface area contributed by atoms with Gasteiger partial charge in [0.25, 0.3) is 0 Å². The molecule has 3 atom stereocenters. The van der Waals surface area contributed by atoms with Gasteiger partial charge in [0.2, 0.25) is 5.91 Å². The van der Waals surface area contributed by atoms with Crippen LogP contribution in [0.3, 0.4) is 0 Å². The fourth-order valence-electron chi connectivity index (χ4n) is 5.43. The van der Waals surface area contributed by atoms with E-state index >= 15 is 0 Å². The number of amides is 1. The van der Waals surface area contributed by atoms with Crippen molar-refractivity contribution in [3.8, 4) is 0 Å². The lowest BCUT2D eigenvalue weighted by Crippen LogP contribution is -2.45. The highest BCUT2D eigenvalue weighted by molar-refractivity contribution is 7.47. The Bertz CT molecular complexity index is 980. The lowest BCUT2D eigenvalue weighted by atomic mass is 10.1. The molecule has 5 N–H and O–H groups in total. The van der Waals surface area contributed by atoms with Gasteiger partial charge in [-0.25, -0.2) is 4.57 Å². The molecule has 51 heavy (non-hydrogen) atoms. The molecule has 0 aliphatic heterocycles. The second-order valence-corrected chi connectivity index (χ2v) is 14.9. The summed E-state index contributed by atoms with van der Waals surface area (Å²) in [5.74, 6) is -0.220. The molecule has 8 nitrogen and oxygen atoms in total. The number of aliphatic hydroxyl groups excluding tert-OH is 1. The van der Waals surface area contributed by atoms with Crippen LogP contribution in [-0.2, 0) is 18.4 Å². The van der Waals surface area contributed by atoms with Crippen LogP contribution in [0.25, 0.3) is 0 Å². The molecule has 0 aromatic carbocycles. The Kier molecular flexibility index (Phi) is 36.6. The summed E-state index contributed by atoms with van der Waals surface area (Å²) in [6.45, 7) is 4.04. The smallest absolute Gasteiger partial charge is 0.387 e. The van der Waals surface area contributed by atoms with Crippen molar-refractivity contribution in [1.82, 2.24) is 5.32 Å². The normalized spacial score (nSPS) is 14.8. The van der Waals surface area contributed by atoms with Gasteiger partial charge in [-0.05, 0) is 77.0 Å². The van der Waals surface area contributed by atoms with Crippen LogP contribution in [0.15, 0.2) is 60.8 Å². The summed E-state index contributed by atoms with van der Waals surface area (Å²) in [6.07, 6.45) is 46.9. The number of phosphoric ester groups is 1. The van der Waals surface area contributed by atoms with Gasteiger partial charge in [0.15, 0.2) is 0 Å². The zero-order valence-electron chi connectivity index (χ0n) is 32.6. The summed E-state index contributed by atoms with van der Waals surface area (Å²) in [5.41, 5.74) is 5.36. The van der Waals surface area contributed by atoms with Gasteiger partial charge < -0.3 is 21.1 Å². The molecule has 296 valence electrons. The van der Waals surface area contributed by atoms with Crippen LogP contribution < -0.4 is 11.1 Å². The molecule has 0 spiro atoms. The number of aliphatic hydroxyl groups is 1. The highest BCUT2D eigenvalue weighted by atomic mass is 31.2. The molecule has 0 radical (unpaired) electrons. The van der Waals surface area contributed by atoms with E-state index < -0.39 is 20.0 Å². The minimum Gasteiger partial charge on any atom is -0.387 e. The van der Waals surface area contributed by atoms with E-state index in [2.05, 4.69) is 67.8 Å². The molecule has 0 aliphatic rings. The molecular weight excluding hydrogens is 659 g/mol. The number of allylic oxidation sites excluding steroid dienone is 9. The van der Waals surface area contributed by atoms with Crippen LogP contribution in [0.2, 0.25) is 0 Å². The Labute approximate surface area is 313 Å². The number of nitrogens with two attached hydrogens (primary N) is 1. The monoisotopic (exact) mass is 737 g/mol. The summed E-state index contributed by atoms with van der Waals surface area (Å²) in [6, 6.07) is -0.888. The van der Waals surface area contributed by atoms with Crippen molar-refractivity contribution in [3.63, 3.8) is 0 Å². The molecule has 3 unspecified atom stereocenters. The molecule has 0 heterocycles. The van der Waals surface area contributed by atoms with E-state index in [9.17, 15) is 19.4 Å². The second kappa shape index (κ2) is 37.9. The first-order valence-electron chi connectivity index (χ1n) is 20.4. The first-order chi connectivity index (χ1) is 24.9.